The van der Waals surface area contributed by atoms with Crippen LogP contribution in [0.25, 0.3) is 22.0 Å². The number of ketones is 1. The van der Waals surface area contributed by atoms with Crippen LogP contribution in [0.2, 0.25) is 0 Å². The van der Waals surface area contributed by atoms with E-state index in [-0.39, 0.29) is 41.1 Å². The minimum absolute atomic E-state index is 0.0409. The van der Waals surface area contributed by atoms with Crippen LogP contribution < -0.4 is 5.14 Å². The third kappa shape index (κ3) is 7.57. The van der Waals surface area contributed by atoms with E-state index in [4.69, 9.17) is 10.1 Å². The molecule has 1 saturated carbocycles. The number of aromatic nitrogens is 5. The number of fused-ring (bicyclic) bond motifs is 4. The van der Waals surface area contributed by atoms with Gasteiger partial charge in [0.05, 0.1) is 16.9 Å². The quantitative estimate of drug-likeness (QED) is 0.115. The zero-order chi connectivity index (χ0) is 40.6. The number of hydrogen-bond donors (Lipinski definition) is 2. The number of sulfonamides is 1. The van der Waals surface area contributed by atoms with Gasteiger partial charge in [0.2, 0.25) is 10.0 Å². The number of carbonyl (C=O) groups excluding carboxylic acids is 1. The van der Waals surface area contributed by atoms with E-state index in [0.29, 0.717) is 38.3 Å². The Balaban J connectivity index is 1.39. The van der Waals surface area contributed by atoms with E-state index >= 15 is 8.78 Å². The first kappa shape index (κ1) is 39.2. The zero-order valence-corrected chi connectivity index (χ0v) is 31.4. The molecule has 0 amide bonds. The number of primary sulfonamides is 1. The molecule has 294 valence electrons. The Morgan fingerprint density at radius 3 is 2.39 bits per heavy atom. The first-order chi connectivity index (χ1) is 26.1. The van der Waals surface area contributed by atoms with Gasteiger partial charge in [-0.25, -0.2) is 36.1 Å². The van der Waals surface area contributed by atoms with E-state index in [1.807, 2.05) is 0 Å². The van der Waals surface area contributed by atoms with Crippen molar-refractivity contribution in [2.24, 2.45) is 18.1 Å². The molecule has 7 rings (SSSR count). The summed E-state index contributed by atoms with van der Waals surface area (Å²) in [6, 6.07) is 9.47. The van der Waals surface area contributed by atoms with Gasteiger partial charge in [0.15, 0.2) is 5.78 Å². The van der Waals surface area contributed by atoms with Crippen LogP contribution in [-0.4, -0.2) is 49.5 Å². The highest BCUT2D eigenvalue weighted by Crippen LogP contribution is 2.68. The highest BCUT2D eigenvalue weighted by atomic mass is 32.2. The molecule has 1 fully saturated rings. The molecule has 56 heavy (non-hydrogen) atoms. The lowest BCUT2D eigenvalue weighted by Gasteiger charge is -2.22. The van der Waals surface area contributed by atoms with E-state index in [9.17, 15) is 35.9 Å². The van der Waals surface area contributed by atoms with E-state index in [1.54, 1.807) is 38.2 Å². The SMILES string of the molecule is Cc1ccc(-c2ccc(C#CC(C)(C)O)nc2[C@@H](CC(=O)Cn2nc(C(F)F)c3c2C(F)(F)[C@@H]2C[C@H]32)Cc2cc(F)cc(F)c2)c2c1c(CS(N)(=O)=O)nn2C. The molecule has 0 bridgehead atoms. The molecule has 0 saturated heterocycles. The van der Waals surface area contributed by atoms with Gasteiger partial charge in [-0.1, -0.05) is 18.1 Å². The summed E-state index contributed by atoms with van der Waals surface area (Å²) in [6.45, 7) is 3.88. The maximum atomic E-state index is 15.4. The Kier molecular flexibility index (Phi) is 9.70. The number of carbonyl (C=O) groups is 1. The molecule has 0 spiro atoms. The summed E-state index contributed by atoms with van der Waals surface area (Å²) in [6.07, 6.45) is -3.79. The van der Waals surface area contributed by atoms with Crippen molar-refractivity contribution in [2.45, 2.75) is 82.1 Å². The van der Waals surface area contributed by atoms with Gasteiger partial charge < -0.3 is 5.11 Å². The molecule has 17 heteroatoms. The van der Waals surface area contributed by atoms with Gasteiger partial charge in [-0.3, -0.25) is 14.2 Å². The van der Waals surface area contributed by atoms with Crippen LogP contribution in [0.3, 0.4) is 0 Å². The average Bonchev–Trinajstić information content (AvgIpc) is 3.62. The highest BCUT2D eigenvalue weighted by molar-refractivity contribution is 7.88. The number of aliphatic hydroxyl groups is 1. The Bertz CT molecular complexity index is 2580. The van der Waals surface area contributed by atoms with E-state index in [1.165, 1.54) is 18.5 Å². The topological polar surface area (TPSA) is 146 Å². The van der Waals surface area contributed by atoms with Gasteiger partial charge in [0.25, 0.3) is 12.3 Å². The molecule has 3 N–H and O–H groups in total. The molecular weight excluding hydrogens is 763 g/mol. The smallest absolute Gasteiger partial charge is 0.293 e. The number of benzene rings is 2. The maximum absolute atomic E-state index is 15.4. The fraction of sp³-hybridized carbons (Fsp3) is 0.385. The molecule has 2 aliphatic rings. The second-order valence-corrected chi connectivity index (χ2v) is 16.7. The summed E-state index contributed by atoms with van der Waals surface area (Å²) in [5.41, 5.74) is -0.535. The van der Waals surface area contributed by atoms with Crippen molar-refractivity contribution in [3.63, 3.8) is 0 Å². The van der Waals surface area contributed by atoms with Crippen LogP contribution in [0, 0.1) is 36.3 Å². The van der Waals surface area contributed by atoms with Gasteiger partial charge in [0.1, 0.15) is 46.6 Å². The molecule has 0 unspecified atom stereocenters. The molecule has 0 radical (unpaired) electrons. The van der Waals surface area contributed by atoms with Gasteiger partial charge in [-0.05, 0) is 80.8 Å². The number of aryl methyl sites for hydroxylation is 2. The van der Waals surface area contributed by atoms with Gasteiger partial charge >= 0.3 is 0 Å². The summed E-state index contributed by atoms with van der Waals surface area (Å²) in [4.78, 5) is 18.8. The monoisotopic (exact) mass is 798 g/mol. The van der Waals surface area contributed by atoms with Crippen LogP contribution in [0.4, 0.5) is 26.3 Å². The van der Waals surface area contributed by atoms with Crippen LogP contribution in [-0.2, 0) is 46.5 Å². The lowest BCUT2D eigenvalue weighted by atomic mass is 9.86. The molecule has 3 heterocycles. The van der Waals surface area contributed by atoms with Gasteiger partial charge in [-0.2, -0.15) is 19.0 Å². The zero-order valence-electron chi connectivity index (χ0n) is 30.5. The van der Waals surface area contributed by atoms with E-state index < -0.39 is 93.3 Å². The van der Waals surface area contributed by atoms with Crippen LogP contribution in [0.1, 0.15) is 90.1 Å². The number of nitrogens with zero attached hydrogens (tertiary/aromatic N) is 5. The largest absolute Gasteiger partial charge is 0.378 e. The molecular formula is C39H36F6N6O4S. The summed E-state index contributed by atoms with van der Waals surface area (Å²) in [5, 5.41) is 24.4. The van der Waals surface area contributed by atoms with Crippen LogP contribution in [0.5, 0.6) is 0 Å². The first-order valence-corrected chi connectivity index (χ1v) is 19.3. The Hall–Kier alpha value is -5.05. The molecule has 2 aliphatic carbocycles. The lowest BCUT2D eigenvalue weighted by Crippen LogP contribution is -2.24. The molecule has 3 aromatic heterocycles. The second-order valence-electron chi connectivity index (χ2n) is 15.1. The van der Waals surface area contributed by atoms with Crippen molar-refractivity contribution in [1.29, 1.82) is 0 Å². The minimum Gasteiger partial charge on any atom is -0.378 e. The molecule has 0 aliphatic heterocycles. The Labute approximate surface area is 317 Å². The van der Waals surface area contributed by atoms with E-state index in [0.717, 1.165) is 12.1 Å². The molecule has 3 atom stereocenters. The molecule has 2 aromatic carbocycles. The average molecular weight is 799 g/mol. The summed E-state index contributed by atoms with van der Waals surface area (Å²) >= 11 is 0. The second kappa shape index (κ2) is 13.9. The molecule has 5 aromatic rings. The number of alkyl halides is 4. The number of nitrogens with two attached hydrogens (primary N) is 1. The lowest BCUT2D eigenvalue weighted by molar-refractivity contribution is -0.120. The van der Waals surface area contributed by atoms with Crippen molar-refractivity contribution < 1.29 is 44.7 Å². The fourth-order valence-corrected chi connectivity index (χ4v) is 8.43. The summed E-state index contributed by atoms with van der Waals surface area (Å²) in [5.74, 6) is -4.02. The van der Waals surface area contributed by atoms with Crippen molar-refractivity contribution in [1.82, 2.24) is 24.5 Å². The highest BCUT2D eigenvalue weighted by Gasteiger charge is 2.67. The van der Waals surface area contributed by atoms with Gasteiger partial charge in [-0.15, -0.1) is 0 Å². The standard InChI is InChI=1S/C39H36F6N6O4S/c1-19-5-7-27(35-31(19)30(48-50(35)4)18-56(46,54)55)26-8-6-24(9-10-38(2,3)53)47-33(26)21(11-20-12-22(40)15-23(41)13-20)14-25(52)17-51-36-32(34(49-51)37(42)43)28-16-29(28)39(36,44)45/h5-8,12-13,15,21,28-29,37,53H,11,14,16-18H2,1-4H3,(H2,46,54,55)/t21-,28+,29-/m1/s1. The first-order valence-electron chi connectivity index (χ1n) is 17.6. The van der Waals surface area contributed by atoms with Crippen molar-refractivity contribution >= 4 is 26.7 Å². The summed E-state index contributed by atoms with van der Waals surface area (Å²) < 4.78 is 114. The predicted octanol–water partition coefficient (Wildman–Crippen LogP) is 6.46. The van der Waals surface area contributed by atoms with Crippen molar-refractivity contribution in [2.75, 3.05) is 0 Å². The third-order valence-corrected chi connectivity index (χ3v) is 10.8. The number of pyridine rings is 1. The van der Waals surface area contributed by atoms with Crippen molar-refractivity contribution in [3.05, 3.63) is 99.3 Å². The van der Waals surface area contributed by atoms with E-state index in [2.05, 4.69) is 22.0 Å². The third-order valence-electron chi connectivity index (χ3n) is 10.1. The fourth-order valence-electron chi connectivity index (χ4n) is 7.85. The number of rotatable bonds is 11. The maximum Gasteiger partial charge on any atom is 0.293 e. The summed E-state index contributed by atoms with van der Waals surface area (Å²) in [7, 11) is -2.41. The normalized spacial score (nSPS) is 17.8. The van der Waals surface area contributed by atoms with Crippen molar-refractivity contribution in [3.8, 4) is 23.0 Å². The number of halogens is 6. The van der Waals surface area contributed by atoms with Crippen LogP contribution >= 0.6 is 0 Å². The number of Topliss-reactive ketones (excluding diaryl/α,β-unsaturated/α-hetero) is 1. The minimum atomic E-state index is -4.01. The predicted molar refractivity (Wildman–Crippen MR) is 193 cm³/mol. The Morgan fingerprint density at radius 1 is 1.07 bits per heavy atom. The van der Waals surface area contributed by atoms with Crippen LogP contribution in [0.15, 0.2) is 42.5 Å². The number of hydrogen-bond acceptors (Lipinski definition) is 7. The Morgan fingerprint density at radius 2 is 1.75 bits per heavy atom. The molecule has 10 nitrogen and oxygen atoms in total. The van der Waals surface area contributed by atoms with Gasteiger partial charge in [0, 0.05) is 53.4 Å².